The molecule has 2 aromatic heterocycles. The summed E-state index contributed by atoms with van der Waals surface area (Å²) >= 11 is 0. The summed E-state index contributed by atoms with van der Waals surface area (Å²) in [5.74, 6) is 2.02. The van der Waals surface area contributed by atoms with Crippen molar-refractivity contribution >= 4 is 38.9 Å². The number of benzene rings is 7. The first-order valence-electron chi connectivity index (χ1n) is 21.2. The van der Waals surface area contributed by atoms with Gasteiger partial charge in [-0.25, -0.2) is 4.98 Å². The molecule has 10 rings (SSSR count). The third kappa shape index (κ3) is 8.10. The Bertz CT molecular complexity index is 3090. The molecule has 5 nitrogen and oxygen atoms in total. The van der Waals surface area contributed by atoms with E-state index >= 15 is 0 Å². The van der Waals surface area contributed by atoms with Crippen LogP contribution in [-0.4, -0.2) is 9.55 Å². The molecule has 1 aliphatic rings. The van der Waals surface area contributed by atoms with E-state index in [9.17, 15) is 0 Å². The minimum atomic E-state index is -0.196. The number of anilines is 2. The van der Waals surface area contributed by atoms with E-state index in [0.29, 0.717) is 11.5 Å². The summed E-state index contributed by atoms with van der Waals surface area (Å²) in [7, 11) is 0. The Labute approximate surface area is 385 Å². The molecule has 0 saturated carbocycles. The van der Waals surface area contributed by atoms with Gasteiger partial charge in [-0.3, -0.25) is 0 Å². The van der Waals surface area contributed by atoms with Crippen molar-refractivity contribution in [1.29, 1.82) is 0 Å². The molecule has 0 saturated heterocycles. The van der Waals surface area contributed by atoms with Crippen LogP contribution in [0.25, 0.3) is 44.4 Å². The minimum Gasteiger partial charge on any atom is -0.509 e. The van der Waals surface area contributed by atoms with Crippen LogP contribution in [0.5, 0.6) is 11.5 Å². The van der Waals surface area contributed by atoms with Gasteiger partial charge >= 0.3 is 0 Å². The van der Waals surface area contributed by atoms with Gasteiger partial charge in [0.1, 0.15) is 5.82 Å². The number of hydrogen-bond donors (Lipinski definition) is 0. The van der Waals surface area contributed by atoms with Gasteiger partial charge < -0.3 is 19.1 Å². The maximum Gasteiger partial charge on any atom is 0.135 e. The first-order valence-corrected chi connectivity index (χ1v) is 21.2. The van der Waals surface area contributed by atoms with E-state index in [2.05, 4.69) is 238 Å². The van der Waals surface area contributed by atoms with Crippen LogP contribution in [0.4, 0.5) is 11.4 Å². The van der Waals surface area contributed by atoms with Crippen molar-refractivity contribution in [2.75, 3.05) is 9.80 Å². The number of aromatic nitrogens is 2. The number of rotatable bonds is 9. The summed E-state index contributed by atoms with van der Waals surface area (Å²) in [6.45, 7) is 13.4. The molecule has 1 aliphatic heterocycles. The Morgan fingerprint density at radius 2 is 1.24 bits per heavy atom. The van der Waals surface area contributed by atoms with Crippen molar-refractivity contribution in [3.63, 3.8) is 0 Å². The van der Waals surface area contributed by atoms with Crippen LogP contribution in [0.15, 0.2) is 188 Å². The van der Waals surface area contributed by atoms with Crippen molar-refractivity contribution in [1.82, 2.24) is 9.55 Å². The van der Waals surface area contributed by atoms with Crippen molar-refractivity contribution in [2.24, 2.45) is 0 Å². The van der Waals surface area contributed by atoms with Gasteiger partial charge in [-0.15, -0.1) is 53.6 Å². The summed E-state index contributed by atoms with van der Waals surface area (Å²) in [6, 6.07) is 69.0. The van der Waals surface area contributed by atoms with Crippen LogP contribution < -0.4 is 14.5 Å². The predicted octanol–water partition coefficient (Wildman–Crippen LogP) is 14.3. The molecule has 0 atom stereocenters. The topological polar surface area (TPSA) is 33.5 Å². The minimum absolute atomic E-state index is 0. The van der Waals surface area contributed by atoms with E-state index in [-0.39, 0.29) is 31.9 Å². The Balaban J connectivity index is 0.00000504. The Morgan fingerprint density at radius 1 is 0.556 bits per heavy atom. The third-order valence-electron chi connectivity index (χ3n) is 12.0. The molecule has 7 aromatic carbocycles. The van der Waals surface area contributed by atoms with Crippen LogP contribution in [-0.2, 0) is 31.9 Å². The first-order chi connectivity index (χ1) is 30.1. The van der Waals surface area contributed by atoms with Crippen molar-refractivity contribution in [2.45, 2.75) is 45.4 Å². The van der Waals surface area contributed by atoms with Crippen LogP contribution >= 0.6 is 0 Å². The quantitative estimate of drug-likeness (QED) is 0.135. The Hall–Kier alpha value is -6.68. The molecule has 0 spiro atoms. The fraction of sp³-hybridized carbons (Fsp3) is 0.123. The smallest absolute Gasteiger partial charge is 0.135 e. The van der Waals surface area contributed by atoms with Crippen LogP contribution in [0.1, 0.15) is 56.9 Å². The van der Waals surface area contributed by atoms with Crippen LogP contribution in [0.2, 0.25) is 0 Å². The Kier molecular flexibility index (Phi) is 11.2. The number of pyridine rings is 1. The second kappa shape index (κ2) is 16.9. The summed E-state index contributed by atoms with van der Waals surface area (Å²) < 4.78 is 9.01. The van der Waals surface area contributed by atoms with Gasteiger partial charge in [0, 0.05) is 61.1 Å². The van der Waals surface area contributed by atoms with Crippen molar-refractivity contribution < 1.29 is 25.8 Å². The zero-order chi connectivity index (χ0) is 42.4. The molecule has 9 aromatic rings. The second-order valence-electron chi connectivity index (χ2n) is 17.5. The fourth-order valence-corrected chi connectivity index (χ4v) is 8.46. The van der Waals surface area contributed by atoms with E-state index in [4.69, 9.17) is 9.72 Å². The normalized spacial score (nSPS) is 13.0. The average Bonchev–Trinajstić information content (AvgIpc) is 3.90. The van der Waals surface area contributed by atoms with Gasteiger partial charge in [0.15, 0.2) is 0 Å². The van der Waals surface area contributed by atoms with E-state index in [1.165, 1.54) is 16.7 Å². The molecule has 6 heteroatoms. The average molecular weight is 999 g/mol. The number of hydrogen-bond acceptors (Lipinski definition) is 4. The van der Waals surface area contributed by atoms with Gasteiger partial charge in [-0.2, -0.15) is 6.07 Å². The van der Waals surface area contributed by atoms with Gasteiger partial charge in [0.25, 0.3) is 0 Å². The molecule has 0 N–H and O–H groups in total. The second-order valence-corrected chi connectivity index (χ2v) is 17.5. The van der Waals surface area contributed by atoms with E-state index in [0.717, 1.165) is 61.4 Å². The standard InChI is InChI=1S/C57H47N4O.Pt/c1-56(2,3)44-30-31-58-55(35-44)61-52-27-16-15-26-50(52)51-29-28-48(37-53(51)61)62-49-33-42(40-18-9-6-10-19-40)32-47(36-49)59-38-54(41-20-11-7-12-21-41)60(39-59)46-25-17-24-45(34-46)57(4,5)43-22-13-8-14-23-43;/h6-35,38-39H,1-5H3;/q-3;. The zero-order valence-electron chi connectivity index (χ0n) is 36.0. The summed E-state index contributed by atoms with van der Waals surface area (Å²) in [5.41, 5.74) is 11.6. The molecule has 0 bridgehead atoms. The molecule has 0 radical (unpaired) electrons. The molecular formula is C57H47N4OPt-3. The fourth-order valence-electron chi connectivity index (χ4n) is 8.46. The predicted molar refractivity (Wildman–Crippen MR) is 256 cm³/mol. The molecule has 314 valence electrons. The summed E-state index contributed by atoms with van der Waals surface area (Å²) in [5, 5.41) is 2.22. The maximum atomic E-state index is 6.81. The third-order valence-corrected chi connectivity index (χ3v) is 12.0. The molecule has 0 fully saturated rings. The van der Waals surface area contributed by atoms with Gasteiger partial charge in [-0.05, 0) is 75.2 Å². The van der Waals surface area contributed by atoms with E-state index in [1.807, 2.05) is 18.3 Å². The van der Waals surface area contributed by atoms with Crippen LogP contribution in [0, 0.1) is 18.8 Å². The van der Waals surface area contributed by atoms with Gasteiger partial charge in [0.2, 0.25) is 0 Å². The molecular weight excluding hydrogens is 952 g/mol. The van der Waals surface area contributed by atoms with Crippen molar-refractivity contribution in [3.8, 4) is 28.4 Å². The zero-order valence-corrected chi connectivity index (χ0v) is 38.3. The number of ether oxygens (including phenoxy) is 1. The molecule has 63 heavy (non-hydrogen) atoms. The van der Waals surface area contributed by atoms with Crippen molar-refractivity contribution in [3.05, 3.63) is 229 Å². The van der Waals surface area contributed by atoms with Gasteiger partial charge in [0.05, 0.1) is 0 Å². The number of nitrogens with zero attached hydrogens (tertiary/aromatic N) is 4. The summed E-state index contributed by atoms with van der Waals surface area (Å²) in [6.07, 6.45) is 4.09. The largest absolute Gasteiger partial charge is 0.509 e. The Morgan fingerprint density at radius 3 is 1.98 bits per heavy atom. The SMILES string of the molecule is CC(C)(C)c1ccnc(-n2c3[c-]c(Oc4[c-]c(N5C=C(c6ccccc6)N(c6cccc(C(C)(C)c7ccccc7)c6)[CH-]5)cc(-c5ccccc5)c4)ccc3c3ccccc32)c1.[Pt]. The number of para-hydroxylation sites is 1. The van der Waals surface area contributed by atoms with Crippen LogP contribution in [0.3, 0.4) is 0 Å². The maximum absolute atomic E-state index is 6.81. The molecule has 0 amide bonds. The summed E-state index contributed by atoms with van der Waals surface area (Å²) in [4.78, 5) is 9.29. The molecule has 0 aliphatic carbocycles. The molecule has 0 unspecified atom stereocenters. The van der Waals surface area contributed by atoms with E-state index < -0.39 is 0 Å². The molecule has 3 heterocycles. The monoisotopic (exact) mass is 998 g/mol. The van der Waals surface area contributed by atoms with E-state index in [1.54, 1.807) is 0 Å². The van der Waals surface area contributed by atoms with Gasteiger partial charge in [-0.1, -0.05) is 161 Å². The number of fused-ring (bicyclic) bond motifs is 3. The first kappa shape index (κ1) is 41.7.